The third kappa shape index (κ3) is 5.17. The van der Waals surface area contributed by atoms with Crippen LogP contribution in [0.4, 0.5) is 4.39 Å². The number of hydrogen-bond acceptors (Lipinski definition) is 5. The zero-order valence-corrected chi connectivity index (χ0v) is 19.2. The van der Waals surface area contributed by atoms with Gasteiger partial charge in [-0.2, -0.15) is 5.10 Å². The number of halogens is 1. The van der Waals surface area contributed by atoms with Gasteiger partial charge in [-0.3, -0.25) is 9.80 Å². The second-order valence-electron chi connectivity index (χ2n) is 9.10. The van der Waals surface area contributed by atoms with Crippen LogP contribution in [0.2, 0.25) is 0 Å². The van der Waals surface area contributed by atoms with Gasteiger partial charge < -0.3 is 4.42 Å². The number of hydrogen-bond donors (Lipinski definition) is 0. The maximum absolute atomic E-state index is 13.6. The van der Waals surface area contributed by atoms with Crippen molar-refractivity contribution in [2.75, 3.05) is 6.54 Å². The number of hydrazone groups is 1. The first kappa shape index (κ1) is 22.4. The average molecular weight is 438 g/mol. The third-order valence-corrected chi connectivity index (χ3v) is 6.65. The molecule has 2 atom stereocenters. The number of benzene rings is 1. The lowest BCUT2D eigenvalue weighted by Gasteiger charge is -2.23. The SMILES string of the molecule is CCC1CC(c2ccc(F)c(C)c2)=NN1CC(=O)CCC1CC=C(c2ncc(C)o2)CC1. The van der Waals surface area contributed by atoms with Crippen LogP contribution in [-0.4, -0.2) is 34.1 Å². The molecule has 0 amide bonds. The van der Waals surface area contributed by atoms with Gasteiger partial charge in [0.05, 0.1) is 24.5 Å². The zero-order chi connectivity index (χ0) is 22.7. The van der Waals surface area contributed by atoms with Crippen molar-refractivity contribution in [1.29, 1.82) is 0 Å². The van der Waals surface area contributed by atoms with E-state index < -0.39 is 0 Å². The van der Waals surface area contributed by atoms with E-state index in [1.807, 2.05) is 18.0 Å². The summed E-state index contributed by atoms with van der Waals surface area (Å²) in [5.74, 6) is 2.14. The van der Waals surface area contributed by atoms with E-state index in [2.05, 4.69) is 18.0 Å². The second kappa shape index (κ2) is 9.80. The summed E-state index contributed by atoms with van der Waals surface area (Å²) < 4.78 is 19.3. The molecule has 2 heterocycles. The molecule has 0 spiro atoms. The Bertz CT molecular complexity index is 1040. The van der Waals surface area contributed by atoms with Crippen LogP contribution in [0.3, 0.4) is 0 Å². The summed E-state index contributed by atoms with van der Waals surface area (Å²) in [6.45, 7) is 6.15. The molecule has 32 heavy (non-hydrogen) atoms. The van der Waals surface area contributed by atoms with Gasteiger partial charge in [0.2, 0.25) is 5.89 Å². The maximum atomic E-state index is 13.6. The van der Waals surface area contributed by atoms with Crippen molar-refractivity contribution in [2.24, 2.45) is 11.0 Å². The Kier molecular flexibility index (Phi) is 6.87. The Morgan fingerprint density at radius 1 is 1.31 bits per heavy atom. The quantitative estimate of drug-likeness (QED) is 0.520. The monoisotopic (exact) mass is 437 g/mol. The molecule has 1 aromatic heterocycles. The van der Waals surface area contributed by atoms with Crippen LogP contribution < -0.4 is 0 Å². The highest BCUT2D eigenvalue weighted by Crippen LogP contribution is 2.32. The first-order chi connectivity index (χ1) is 15.4. The predicted octanol–water partition coefficient (Wildman–Crippen LogP) is 5.85. The minimum absolute atomic E-state index is 0.202. The van der Waals surface area contributed by atoms with Crippen molar-refractivity contribution >= 4 is 17.1 Å². The predicted molar refractivity (Wildman–Crippen MR) is 124 cm³/mol. The molecule has 1 aliphatic heterocycles. The van der Waals surface area contributed by atoms with E-state index in [1.165, 1.54) is 11.6 Å². The first-order valence-corrected chi connectivity index (χ1v) is 11.7. The molecular formula is C26H32FN3O2. The summed E-state index contributed by atoms with van der Waals surface area (Å²) in [5, 5.41) is 6.69. The van der Waals surface area contributed by atoms with Gasteiger partial charge in [-0.25, -0.2) is 9.37 Å². The molecule has 0 saturated heterocycles. The van der Waals surface area contributed by atoms with Crippen LogP contribution in [-0.2, 0) is 4.79 Å². The smallest absolute Gasteiger partial charge is 0.221 e. The molecule has 1 aromatic carbocycles. The van der Waals surface area contributed by atoms with Crippen molar-refractivity contribution < 1.29 is 13.6 Å². The lowest BCUT2D eigenvalue weighted by atomic mass is 9.86. The normalized spacial score (nSPS) is 20.9. The lowest BCUT2D eigenvalue weighted by Crippen LogP contribution is -2.31. The molecule has 0 radical (unpaired) electrons. The van der Waals surface area contributed by atoms with Crippen LogP contribution in [0, 0.1) is 25.6 Å². The van der Waals surface area contributed by atoms with Crippen LogP contribution in [0.1, 0.15) is 74.6 Å². The van der Waals surface area contributed by atoms with Gasteiger partial charge in [0.25, 0.3) is 0 Å². The van der Waals surface area contributed by atoms with Crippen LogP contribution in [0.15, 0.2) is 40.0 Å². The number of nitrogens with zero attached hydrogens (tertiary/aromatic N) is 3. The van der Waals surface area contributed by atoms with E-state index >= 15 is 0 Å². The number of rotatable bonds is 8. The molecule has 0 fully saturated rings. The van der Waals surface area contributed by atoms with Crippen molar-refractivity contribution in [3.05, 3.63) is 59.1 Å². The van der Waals surface area contributed by atoms with Crippen LogP contribution >= 0.6 is 0 Å². The minimum atomic E-state index is -0.202. The second-order valence-corrected chi connectivity index (χ2v) is 9.10. The van der Waals surface area contributed by atoms with E-state index in [0.717, 1.165) is 61.5 Å². The number of aryl methyl sites for hydroxylation is 2. The Labute approximate surface area is 189 Å². The van der Waals surface area contributed by atoms with E-state index in [4.69, 9.17) is 9.52 Å². The number of allylic oxidation sites excluding steroid dienone is 2. The van der Waals surface area contributed by atoms with Gasteiger partial charge in [0.1, 0.15) is 11.6 Å². The highest BCUT2D eigenvalue weighted by Gasteiger charge is 2.28. The lowest BCUT2D eigenvalue weighted by molar-refractivity contribution is -0.120. The number of Topliss-reactive ketones (excluding diaryl/α,β-unsaturated/α-hetero) is 1. The van der Waals surface area contributed by atoms with Crippen LogP contribution in [0.5, 0.6) is 0 Å². The van der Waals surface area contributed by atoms with Crippen molar-refractivity contribution in [2.45, 2.75) is 71.8 Å². The van der Waals surface area contributed by atoms with Gasteiger partial charge >= 0.3 is 0 Å². The summed E-state index contributed by atoms with van der Waals surface area (Å²) in [6.07, 6.45) is 10.2. The van der Waals surface area contributed by atoms with E-state index in [1.54, 1.807) is 19.2 Å². The molecule has 2 unspecified atom stereocenters. The Morgan fingerprint density at radius 3 is 2.81 bits per heavy atom. The van der Waals surface area contributed by atoms with Gasteiger partial charge in [-0.05, 0) is 75.1 Å². The average Bonchev–Trinajstić information content (AvgIpc) is 3.40. The largest absolute Gasteiger partial charge is 0.442 e. The minimum Gasteiger partial charge on any atom is -0.442 e. The number of carbonyl (C=O) groups is 1. The van der Waals surface area contributed by atoms with Gasteiger partial charge in [-0.15, -0.1) is 0 Å². The van der Waals surface area contributed by atoms with E-state index in [0.29, 0.717) is 24.4 Å². The molecule has 0 bridgehead atoms. The summed E-state index contributed by atoms with van der Waals surface area (Å²) in [6, 6.07) is 5.35. The third-order valence-electron chi connectivity index (χ3n) is 6.65. The molecule has 6 heteroatoms. The number of aromatic nitrogens is 1. The van der Waals surface area contributed by atoms with E-state index in [9.17, 15) is 9.18 Å². The highest BCUT2D eigenvalue weighted by atomic mass is 19.1. The van der Waals surface area contributed by atoms with Crippen molar-refractivity contribution in [1.82, 2.24) is 9.99 Å². The van der Waals surface area contributed by atoms with Gasteiger partial charge in [0.15, 0.2) is 5.78 Å². The molecule has 2 aromatic rings. The summed E-state index contributed by atoms with van der Waals surface area (Å²) >= 11 is 0. The molecule has 1 aliphatic carbocycles. The Morgan fingerprint density at radius 2 is 2.16 bits per heavy atom. The fourth-order valence-corrected chi connectivity index (χ4v) is 4.60. The fourth-order valence-electron chi connectivity index (χ4n) is 4.60. The molecule has 2 aliphatic rings. The summed E-state index contributed by atoms with van der Waals surface area (Å²) in [7, 11) is 0. The topological polar surface area (TPSA) is 58.7 Å². The standard InChI is InChI=1S/C26H32FN3O2/c1-4-22-14-25(21-10-12-24(27)17(2)13-21)29-30(22)16-23(31)11-7-19-5-8-20(9-6-19)26-28-15-18(3)32-26/h8,10,12-13,15,19,22H,4-7,9,11,14,16H2,1-3H3. The van der Waals surface area contributed by atoms with Gasteiger partial charge in [-0.1, -0.05) is 19.1 Å². The number of ketones is 1. The fraction of sp³-hybridized carbons (Fsp3) is 0.500. The maximum Gasteiger partial charge on any atom is 0.221 e. The van der Waals surface area contributed by atoms with Crippen molar-refractivity contribution in [3.8, 4) is 0 Å². The molecular weight excluding hydrogens is 405 g/mol. The Hall–Kier alpha value is -2.76. The Balaban J connectivity index is 1.30. The van der Waals surface area contributed by atoms with Crippen LogP contribution in [0.25, 0.3) is 5.57 Å². The van der Waals surface area contributed by atoms with E-state index in [-0.39, 0.29) is 17.6 Å². The summed E-state index contributed by atoms with van der Waals surface area (Å²) in [4.78, 5) is 17.1. The summed E-state index contributed by atoms with van der Waals surface area (Å²) in [5.41, 5.74) is 3.69. The highest BCUT2D eigenvalue weighted by molar-refractivity contribution is 6.02. The molecule has 170 valence electrons. The zero-order valence-electron chi connectivity index (χ0n) is 19.2. The molecule has 4 rings (SSSR count). The van der Waals surface area contributed by atoms with Crippen molar-refractivity contribution in [3.63, 3.8) is 0 Å². The number of carbonyl (C=O) groups excluding carboxylic acids is 1. The number of oxazole rings is 1. The molecule has 0 N–H and O–H groups in total. The van der Waals surface area contributed by atoms with Gasteiger partial charge in [0, 0.05) is 18.4 Å². The molecule has 5 nitrogen and oxygen atoms in total. The molecule has 0 saturated carbocycles. The first-order valence-electron chi connectivity index (χ1n) is 11.7.